The summed E-state index contributed by atoms with van der Waals surface area (Å²) >= 11 is 2.49. The molecule has 0 amide bonds. The topological polar surface area (TPSA) is 27.7 Å². The summed E-state index contributed by atoms with van der Waals surface area (Å²) in [7, 11) is -2.51. The fourth-order valence-corrected chi connectivity index (χ4v) is 6.56. The lowest BCUT2D eigenvalue weighted by atomic mass is 10.3. The molecule has 0 fully saturated rings. The van der Waals surface area contributed by atoms with Gasteiger partial charge >= 0.3 is 8.80 Å². The lowest BCUT2D eigenvalue weighted by Gasteiger charge is -2.33. The monoisotopic (exact) mass is 402 g/mol. The number of halogens is 1. The molecule has 0 radical (unpaired) electrons. The SMILES string of the molecule is CCCCC(I)[Si](OCCC)(OCCC)OCCC. The van der Waals surface area contributed by atoms with Gasteiger partial charge in [0.15, 0.2) is 0 Å². The Morgan fingerprint density at radius 1 is 0.789 bits per heavy atom. The lowest BCUT2D eigenvalue weighted by Crippen LogP contribution is -2.54. The summed E-state index contributed by atoms with van der Waals surface area (Å²) in [5, 5.41) is 0. The molecule has 0 aromatic carbocycles. The van der Waals surface area contributed by atoms with Crippen molar-refractivity contribution in [3.63, 3.8) is 0 Å². The summed E-state index contributed by atoms with van der Waals surface area (Å²) < 4.78 is 18.8. The van der Waals surface area contributed by atoms with E-state index in [0.717, 1.165) is 45.5 Å². The molecule has 0 aliphatic rings. The van der Waals surface area contributed by atoms with Crippen LogP contribution < -0.4 is 0 Å². The van der Waals surface area contributed by atoms with Crippen molar-refractivity contribution >= 4 is 31.4 Å². The van der Waals surface area contributed by atoms with E-state index in [9.17, 15) is 0 Å². The normalized spacial score (nSPS) is 13.7. The average molecular weight is 402 g/mol. The van der Waals surface area contributed by atoms with Crippen LogP contribution in [0.25, 0.3) is 0 Å². The van der Waals surface area contributed by atoms with Crippen molar-refractivity contribution in [1.82, 2.24) is 0 Å². The van der Waals surface area contributed by atoms with Gasteiger partial charge in [0, 0.05) is 19.8 Å². The van der Waals surface area contributed by atoms with Crippen LogP contribution in [0.3, 0.4) is 0 Å². The van der Waals surface area contributed by atoms with E-state index < -0.39 is 8.80 Å². The molecule has 0 saturated carbocycles. The van der Waals surface area contributed by atoms with Gasteiger partial charge in [0.05, 0.1) is 3.55 Å². The summed E-state index contributed by atoms with van der Waals surface area (Å²) in [5.41, 5.74) is 0. The minimum absolute atomic E-state index is 0.370. The van der Waals surface area contributed by atoms with E-state index in [4.69, 9.17) is 13.3 Å². The summed E-state index contributed by atoms with van der Waals surface area (Å²) in [5.74, 6) is 0. The highest BCUT2D eigenvalue weighted by molar-refractivity contribution is 14.1. The van der Waals surface area contributed by atoms with Gasteiger partial charge in [0.1, 0.15) is 0 Å². The molecule has 5 heteroatoms. The second-order valence-electron chi connectivity index (χ2n) is 4.76. The standard InChI is InChI=1S/C14H31IO3Si/c1-5-9-10-14(15)19(16-11-6-2,17-12-7-3)18-13-8-4/h14H,5-13H2,1-4H3. The highest BCUT2D eigenvalue weighted by Gasteiger charge is 2.48. The first-order valence-corrected chi connectivity index (χ1v) is 10.8. The third-order valence-corrected chi connectivity index (χ3v) is 8.50. The molecule has 0 aromatic rings. The molecular weight excluding hydrogens is 371 g/mol. The Bertz CT molecular complexity index is 183. The number of rotatable bonds is 13. The summed E-state index contributed by atoms with van der Waals surface area (Å²) in [4.78, 5) is 0. The molecule has 1 atom stereocenters. The molecule has 3 nitrogen and oxygen atoms in total. The molecule has 116 valence electrons. The van der Waals surface area contributed by atoms with Crippen molar-refractivity contribution in [3.05, 3.63) is 0 Å². The van der Waals surface area contributed by atoms with Crippen molar-refractivity contribution in [2.45, 2.75) is 69.8 Å². The van der Waals surface area contributed by atoms with Crippen LogP contribution in [0.15, 0.2) is 0 Å². The molecule has 0 rings (SSSR count). The molecule has 0 bridgehead atoms. The quantitative estimate of drug-likeness (QED) is 0.253. The fraction of sp³-hybridized carbons (Fsp3) is 1.00. The number of hydrogen-bond donors (Lipinski definition) is 0. The molecule has 0 spiro atoms. The van der Waals surface area contributed by atoms with Crippen molar-refractivity contribution in [2.24, 2.45) is 0 Å². The molecule has 0 N–H and O–H groups in total. The van der Waals surface area contributed by atoms with Gasteiger partial charge in [0.25, 0.3) is 0 Å². The van der Waals surface area contributed by atoms with Crippen LogP contribution in [0.1, 0.15) is 66.2 Å². The van der Waals surface area contributed by atoms with Crippen LogP contribution in [0.4, 0.5) is 0 Å². The Morgan fingerprint density at radius 3 is 1.53 bits per heavy atom. The molecule has 0 aliphatic carbocycles. The van der Waals surface area contributed by atoms with E-state index >= 15 is 0 Å². The van der Waals surface area contributed by atoms with Gasteiger partial charge in [-0.05, 0) is 25.7 Å². The number of hydrogen-bond acceptors (Lipinski definition) is 3. The Hall–Kier alpha value is 0.827. The van der Waals surface area contributed by atoms with Crippen LogP contribution in [0.2, 0.25) is 0 Å². The average Bonchev–Trinajstić information content (AvgIpc) is 2.44. The molecule has 0 aromatic heterocycles. The molecule has 1 unspecified atom stereocenters. The van der Waals surface area contributed by atoms with Gasteiger partial charge in [-0.2, -0.15) is 0 Å². The van der Waals surface area contributed by atoms with Gasteiger partial charge in [-0.1, -0.05) is 63.1 Å². The molecule has 19 heavy (non-hydrogen) atoms. The fourth-order valence-electron chi connectivity index (χ4n) is 1.69. The predicted molar refractivity (Wildman–Crippen MR) is 91.8 cm³/mol. The van der Waals surface area contributed by atoms with E-state index in [1.807, 2.05) is 0 Å². The maximum absolute atomic E-state index is 6.13. The van der Waals surface area contributed by atoms with E-state index in [-0.39, 0.29) is 0 Å². The van der Waals surface area contributed by atoms with Gasteiger partial charge in [-0.3, -0.25) is 0 Å². The van der Waals surface area contributed by atoms with Crippen LogP contribution in [0, 0.1) is 0 Å². The molecule has 0 aliphatic heterocycles. The Morgan fingerprint density at radius 2 is 1.21 bits per heavy atom. The van der Waals surface area contributed by atoms with E-state index in [0.29, 0.717) is 3.55 Å². The third kappa shape index (κ3) is 7.99. The maximum atomic E-state index is 6.13. The Labute approximate surface area is 134 Å². The Kier molecular flexibility index (Phi) is 13.1. The second kappa shape index (κ2) is 12.6. The zero-order chi connectivity index (χ0) is 14.6. The van der Waals surface area contributed by atoms with Crippen molar-refractivity contribution in [2.75, 3.05) is 19.8 Å². The minimum atomic E-state index is -2.51. The smallest absolute Gasteiger partial charge is 0.373 e. The van der Waals surface area contributed by atoms with Crippen molar-refractivity contribution in [1.29, 1.82) is 0 Å². The predicted octanol–water partition coefficient (Wildman–Crippen LogP) is 4.74. The first-order valence-electron chi connectivity index (χ1n) is 7.72. The van der Waals surface area contributed by atoms with Crippen LogP contribution in [-0.4, -0.2) is 32.2 Å². The first-order chi connectivity index (χ1) is 9.16. The van der Waals surface area contributed by atoms with E-state index in [1.54, 1.807) is 0 Å². The van der Waals surface area contributed by atoms with Crippen molar-refractivity contribution in [3.8, 4) is 0 Å². The zero-order valence-electron chi connectivity index (χ0n) is 13.0. The highest BCUT2D eigenvalue weighted by atomic mass is 127. The van der Waals surface area contributed by atoms with Crippen molar-refractivity contribution < 1.29 is 13.3 Å². The highest BCUT2D eigenvalue weighted by Crippen LogP contribution is 2.27. The van der Waals surface area contributed by atoms with E-state index in [1.165, 1.54) is 12.8 Å². The molecule has 0 heterocycles. The van der Waals surface area contributed by atoms with Gasteiger partial charge in [-0.15, -0.1) is 0 Å². The number of unbranched alkanes of at least 4 members (excludes halogenated alkanes) is 1. The molecular formula is C14H31IO3Si. The summed E-state index contributed by atoms with van der Waals surface area (Å²) in [6.45, 7) is 10.8. The lowest BCUT2D eigenvalue weighted by molar-refractivity contribution is 0.0580. The second-order valence-corrected chi connectivity index (χ2v) is 10.2. The summed E-state index contributed by atoms with van der Waals surface area (Å²) in [6.07, 6.45) is 6.58. The summed E-state index contributed by atoms with van der Waals surface area (Å²) in [6, 6.07) is 0. The first kappa shape index (κ1) is 19.8. The minimum Gasteiger partial charge on any atom is -0.373 e. The molecule has 0 saturated heterocycles. The van der Waals surface area contributed by atoms with E-state index in [2.05, 4.69) is 50.3 Å². The van der Waals surface area contributed by atoms with Crippen LogP contribution >= 0.6 is 22.6 Å². The maximum Gasteiger partial charge on any atom is 0.514 e. The van der Waals surface area contributed by atoms with Gasteiger partial charge in [-0.25, -0.2) is 0 Å². The zero-order valence-corrected chi connectivity index (χ0v) is 16.2. The number of alkyl halides is 1. The van der Waals surface area contributed by atoms with Gasteiger partial charge in [0.2, 0.25) is 0 Å². The van der Waals surface area contributed by atoms with Crippen LogP contribution in [-0.2, 0) is 13.3 Å². The van der Waals surface area contributed by atoms with Crippen LogP contribution in [0.5, 0.6) is 0 Å². The largest absolute Gasteiger partial charge is 0.514 e. The van der Waals surface area contributed by atoms with Gasteiger partial charge < -0.3 is 13.3 Å². The third-order valence-electron chi connectivity index (χ3n) is 2.72. The Balaban J connectivity index is 4.73.